The molecule has 1 aromatic carbocycles. The number of rotatable bonds is 7. The third kappa shape index (κ3) is 4.14. The number of esters is 1. The average Bonchev–Trinajstić information content (AvgIpc) is 2.44. The highest BCUT2D eigenvalue weighted by Crippen LogP contribution is 2.31. The lowest BCUT2D eigenvalue weighted by Crippen LogP contribution is -2.52. The molecule has 1 unspecified atom stereocenters. The highest BCUT2D eigenvalue weighted by Gasteiger charge is 2.33. The number of carbonyl (C=O) groups is 1. The molecule has 1 N–H and O–H groups in total. The Morgan fingerprint density at radius 1 is 1.37 bits per heavy atom. The Balaban J connectivity index is 2.79. The first-order valence-electron chi connectivity index (χ1n) is 6.16. The number of thioether (sulfide) groups is 1. The molecule has 0 aromatic heterocycles. The van der Waals surface area contributed by atoms with E-state index in [2.05, 4.69) is 5.32 Å². The second-order valence-electron chi connectivity index (χ2n) is 4.29. The van der Waals surface area contributed by atoms with E-state index in [1.807, 2.05) is 38.1 Å². The first-order valence-corrected chi connectivity index (χ1v) is 7.15. The number of benzene rings is 1. The second kappa shape index (κ2) is 7.40. The number of carbonyl (C=O) groups excluding carboxylic acids is 1. The highest BCUT2D eigenvalue weighted by molar-refractivity contribution is 7.99. The fraction of sp³-hybridized carbons (Fsp3) is 0.500. The predicted molar refractivity (Wildman–Crippen MR) is 77.8 cm³/mol. The Bertz CT molecular complexity index is 425. The maximum Gasteiger partial charge on any atom is 0.326 e. The maximum absolute atomic E-state index is 11.9. The van der Waals surface area contributed by atoms with Crippen LogP contribution < -0.4 is 10.1 Å². The number of ether oxygens (including phenoxy) is 2. The van der Waals surface area contributed by atoms with Crippen LogP contribution in [0.3, 0.4) is 0 Å². The molecule has 1 aromatic rings. The molecule has 0 fully saturated rings. The fourth-order valence-corrected chi connectivity index (χ4v) is 2.89. The van der Waals surface area contributed by atoms with E-state index >= 15 is 0 Å². The maximum atomic E-state index is 11.9. The van der Waals surface area contributed by atoms with Gasteiger partial charge >= 0.3 is 5.97 Å². The third-order valence-corrected chi connectivity index (χ3v) is 4.16. The van der Waals surface area contributed by atoms with Gasteiger partial charge in [0, 0.05) is 10.6 Å². The quantitative estimate of drug-likeness (QED) is 0.615. The molecule has 0 aliphatic heterocycles. The third-order valence-electron chi connectivity index (χ3n) is 2.79. The lowest BCUT2D eigenvalue weighted by molar-refractivity contribution is -0.146. The molecule has 106 valence electrons. The predicted octanol–water partition coefficient (Wildman–Crippen LogP) is 2.33. The van der Waals surface area contributed by atoms with E-state index in [4.69, 9.17) is 9.47 Å². The molecule has 19 heavy (non-hydrogen) atoms. The monoisotopic (exact) mass is 283 g/mol. The number of likely N-dealkylation sites (N-methyl/N-ethyl adjacent to an activating group) is 1. The van der Waals surface area contributed by atoms with Gasteiger partial charge < -0.3 is 14.8 Å². The molecule has 5 heteroatoms. The van der Waals surface area contributed by atoms with Gasteiger partial charge in [-0.1, -0.05) is 19.1 Å². The summed E-state index contributed by atoms with van der Waals surface area (Å²) >= 11 is 1.57. The molecule has 0 aliphatic rings. The summed E-state index contributed by atoms with van der Waals surface area (Å²) in [6.07, 6.45) is 0. The summed E-state index contributed by atoms with van der Waals surface area (Å²) in [5, 5.41) is 3.18. The van der Waals surface area contributed by atoms with Crippen molar-refractivity contribution < 1.29 is 14.3 Å². The second-order valence-corrected chi connectivity index (χ2v) is 5.31. The summed E-state index contributed by atoms with van der Waals surface area (Å²) in [6.45, 7) is 4.53. The van der Waals surface area contributed by atoms with Crippen molar-refractivity contribution in [2.24, 2.45) is 0 Å². The van der Waals surface area contributed by atoms with Gasteiger partial charge in [-0.05, 0) is 25.6 Å². The molecule has 0 amide bonds. The van der Waals surface area contributed by atoms with Gasteiger partial charge in [-0.15, -0.1) is 11.8 Å². The molecule has 0 aliphatic carbocycles. The number of para-hydroxylation sites is 1. The van der Waals surface area contributed by atoms with Crippen molar-refractivity contribution in [2.75, 3.05) is 26.5 Å². The van der Waals surface area contributed by atoms with Gasteiger partial charge in [0.25, 0.3) is 0 Å². The van der Waals surface area contributed by atoms with E-state index < -0.39 is 5.54 Å². The van der Waals surface area contributed by atoms with Crippen molar-refractivity contribution in [1.29, 1.82) is 0 Å². The molecule has 4 nitrogen and oxygen atoms in total. The van der Waals surface area contributed by atoms with E-state index in [0.29, 0.717) is 12.3 Å². The van der Waals surface area contributed by atoms with Gasteiger partial charge in [0.1, 0.15) is 11.3 Å². The van der Waals surface area contributed by atoms with Crippen molar-refractivity contribution in [3.63, 3.8) is 0 Å². The zero-order valence-electron chi connectivity index (χ0n) is 11.9. The lowest BCUT2D eigenvalue weighted by Gasteiger charge is -2.27. The van der Waals surface area contributed by atoms with Crippen molar-refractivity contribution in [2.45, 2.75) is 24.3 Å². The Morgan fingerprint density at radius 3 is 2.63 bits per heavy atom. The number of hydrogen-bond acceptors (Lipinski definition) is 5. The Hall–Kier alpha value is -1.20. The minimum atomic E-state index is -0.699. The smallest absolute Gasteiger partial charge is 0.326 e. The van der Waals surface area contributed by atoms with Gasteiger partial charge in [0.2, 0.25) is 0 Å². The van der Waals surface area contributed by atoms with Crippen LogP contribution in [0.2, 0.25) is 0 Å². The number of hydrogen-bond donors (Lipinski definition) is 1. The lowest BCUT2D eigenvalue weighted by atomic mass is 10.1. The van der Waals surface area contributed by atoms with Gasteiger partial charge in [-0.25, -0.2) is 0 Å². The Kier molecular flexibility index (Phi) is 6.18. The SMILES string of the molecule is CCNC(C)(CSc1ccccc1OC)C(=O)OC. The summed E-state index contributed by atoms with van der Waals surface area (Å²) in [6, 6.07) is 7.76. The zero-order valence-corrected chi connectivity index (χ0v) is 12.7. The van der Waals surface area contributed by atoms with E-state index in [0.717, 1.165) is 10.6 Å². The topological polar surface area (TPSA) is 47.6 Å². The zero-order chi connectivity index (χ0) is 14.3. The molecule has 0 saturated carbocycles. The van der Waals surface area contributed by atoms with Crippen LogP contribution in [0.1, 0.15) is 13.8 Å². The van der Waals surface area contributed by atoms with Crippen LogP contribution in [0.25, 0.3) is 0 Å². The van der Waals surface area contributed by atoms with E-state index in [-0.39, 0.29) is 5.97 Å². The van der Waals surface area contributed by atoms with Crippen molar-refractivity contribution >= 4 is 17.7 Å². The van der Waals surface area contributed by atoms with Gasteiger partial charge in [-0.3, -0.25) is 4.79 Å². The van der Waals surface area contributed by atoms with E-state index in [9.17, 15) is 4.79 Å². The summed E-state index contributed by atoms with van der Waals surface area (Å²) in [5.41, 5.74) is -0.699. The molecule has 0 saturated heterocycles. The summed E-state index contributed by atoms with van der Waals surface area (Å²) < 4.78 is 10.2. The molecule has 1 rings (SSSR count). The molecule has 0 radical (unpaired) electrons. The summed E-state index contributed by atoms with van der Waals surface area (Å²) in [4.78, 5) is 12.9. The summed E-state index contributed by atoms with van der Waals surface area (Å²) in [5.74, 6) is 1.14. The standard InChI is InChI=1S/C14H21NO3S/c1-5-15-14(2,13(16)18-4)10-19-12-9-7-6-8-11(12)17-3/h6-9,15H,5,10H2,1-4H3. The van der Waals surface area contributed by atoms with Crippen molar-refractivity contribution in [3.8, 4) is 5.75 Å². The largest absolute Gasteiger partial charge is 0.496 e. The minimum Gasteiger partial charge on any atom is -0.496 e. The average molecular weight is 283 g/mol. The first-order chi connectivity index (χ1) is 9.07. The number of nitrogens with one attached hydrogen (secondary N) is 1. The molecular weight excluding hydrogens is 262 g/mol. The summed E-state index contributed by atoms with van der Waals surface area (Å²) in [7, 11) is 3.05. The molecule has 1 atom stereocenters. The van der Waals surface area contributed by atoms with Crippen LogP contribution in [0.15, 0.2) is 29.2 Å². The fourth-order valence-electron chi connectivity index (χ4n) is 1.76. The highest BCUT2D eigenvalue weighted by atomic mass is 32.2. The Morgan fingerprint density at radius 2 is 2.05 bits per heavy atom. The van der Waals surface area contributed by atoms with Gasteiger partial charge in [0.05, 0.1) is 14.2 Å². The minimum absolute atomic E-state index is 0.253. The molecular formula is C14H21NO3S. The van der Waals surface area contributed by atoms with Crippen LogP contribution in [-0.2, 0) is 9.53 Å². The first kappa shape index (κ1) is 15.9. The van der Waals surface area contributed by atoms with Gasteiger partial charge in [-0.2, -0.15) is 0 Å². The number of methoxy groups -OCH3 is 2. The van der Waals surface area contributed by atoms with Crippen LogP contribution >= 0.6 is 11.8 Å². The van der Waals surface area contributed by atoms with Crippen LogP contribution in [-0.4, -0.2) is 38.0 Å². The van der Waals surface area contributed by atoms with Gasteiger partial charge in [0.15, 0.2) is 0 Å². The van der Waals surface area contributed by atoms with E-state index in [1.165, 1.54) is 7.11 Å². The van der Waals surface area contributed by atoms with Crippen molar-refractivity contribution in [1.82, 2.24) is 5.32 Å². The van der Waals surface area contributed by atoms with Crippen LogP contribution in [0.5, 0.6) is 5.75 Å². The molecule has 0 bridgehead atoms. The Labute approximate surface area is 118 Å². The van der Waals surface area contributed by atoms with Crippen molar-refractivity contribution in [3.05, 3.63) is 24.3 Å². The molecule has 0 spiro atoms. The van der Waals surface area contributed by atoms with Crippen LogP contribution in [0, 0.1) is 0 Å². The van der Waals surface area contributed by atoms with Crippen LogP contribution in [0.4, 0.5) is 0 Å². The normalized spacial score (nSPS) is 13.7. The van der Waals surface area contributed by atoms with E-state index in [1.54, 1.807) is 18.9 Å². The molecule has 0 heterocycles.